The summed E-state index contributed by atoms with van der Waals surface area (Å²) >= 11 is 5.84. The number of benzene rings is 1. The standard InChI is InChI=1S/C18H19ClN4O4/c1-10-14(11(2)24)8-20-23(18(10)26)9-17-21-16(22-27-17)7-15(25)12-3-5-13(19)6-4-12/h3-6,8,11,15,24-25H,7,9H2,1-2H3/t11?,15-/m0/s1. The molecule has 1 aromatic carbocycles. The van der Waals surface area contributed by atoms with Crippen LogP contribution < -0.4 is 5.56 Å². The largest absolute Gasteiger partial charge is 0.389 e. The van der Waals surface area contributed by atoms with Crippen molar-refractivity contribution in [2.24, 2.45) is 0 Å². The van der Waals surface area contributed by atoms with Crippen molar-refractivity contribution in [1.82, 2.24) is 19.9 Å². The zero-order chi connectivity index (χ0) is 19.6. The maximum atomic E-state index is 12.3. The van der Waals surface area contributed by atoms with Crippen LogP contribution in [0.25, 0.3) is 0 Å². The van der Waals surface area contributed by atoms with Crippen molar-refractivity contribution in [3.63, 3.8) is 0 Å². The molecule has 0 aliphatic heterocycles. The van der Waals surface area contributed by atoms with Crippen LogP contribution in [0.1, 0.15) is 47.5 Å². The molecule has 0 spiro atoms. The quantitative estimate of drug-likeness (QED) is 0.661. The summed E-state index contributed by atoms with van der Waals surface area (Å²) in [7, 11) is 0. The van der Waals surface area contributed by atoms with E-state index in [0.717, 1.165) is 0 Å². The molecule has 2 N–H and O–H groups in total. The Labute approximate surface area is 160 Å². The molecule has 142 valence electrons. The Balaban J connectivity index is 1.72. The number of rotatable bonds is 6. The fourth-order valence-corrected chi connectivity index (χ4v) is 2.80. The van der Waals surface area contributed by atoms with Gasteiger partial charge in [-0.05, 0) is 31.5 Å². The molecule has 8 nitrogen and oxygen atoms in total. The first-order valence-corrected chi connectivity index (χ1v) is 8.72. The van der Waals surface area contributed by atoms with Crippen LogP contribution in [0.5, 0.6) is 0 Å². The average molecular weight is 391 g/mol. The van der Waals surface area contributed by atoms with Crippen molar-refractivity contribution >= 4 is 11.6 Å². The first kappa shape index (κ1) is 19.2. The fourth-order valence-electron chi connectivity index (χ4n) is 2.67. The normalized spacial score (nSPS) is 13.5. The van der Waals surface area contributed by atoms with Gasteiger partial charge in [-0.25, -0.2) is 4.68 Å². The van der Waals surface area contributed by atoms with E-state index in [9.17, 15) is 15.0 Å². The third-order valence-corrected chi connectivity index (χ3v) is 4.45. The Kier molecular flexibility index (Phi) is 5.69. The number of halogens is 1. The Morgan fingerprint density at radius 3 is 2.63 bits per heavy atom. The highest BCUT2D eigenvalue weighted by molar-refractivity contribution is 6.30. The Bertz CT molecular complexity index is 982. The van der Waals surface area contributed by atoms with Gasteiger partial charge in [-0.3, -0.25) is 4.79 Å². The molecule has 0 aliphatic carbocycles. The van der Waals surface area contributed by atoms with Crippen LogP contribution in [0.2, 0.25) is 5.02 Å². The lowest BCUT2D eigenvalue weighted by Crippen LogP contribution is -2.27. The summed E-state index contributed by atoms with van der Waals surface area (Å²) in [6.45, 7) is 3.21. The van der Waals surface area contributed by atoms with Crippen molar-refractivity contribution < 1.29 is 14.7 Å². The SMILES string of the molecule is Cc1c(C(C)O)cnn(Cc2nc(C[C@H](O)c3ccc(Cl)cc3)no2)c1=O. The molecule has 0 bridgehead atoms. The maximum absolute atomic E-state index is 12.3. The van der Waals surface area contributed by atoms with Gasteiger partial charge in [0.05, 0.1) is 18.4 Å². The van der Waals surface area contributed by atoms with Crippen LogP contribution in [-0.2, 0) is 13.0 Å². The lowest BCUT2D eigenvalue weighted by atomic mass is 10.1. The zero-order valence-corrected chi connectivity index (χ0v) is 15.6. The topological polar surface area (TPSA) is 114 Å². The number of aromatic nitrogens is 4. The van der Waals surface area contributed by atoms with Crippen molar-refractivity contribution in [1.29, 1.82) is 0 Å². The van der Waals surface area contributed by atoms with Gasteiger partial charge in [0.1, 0.15) is 6.54 Å². The van der Waals surface area contributed by atoms with E-state index in [4.69, 9.17) is 16.1 Å². The zero-order valence-electron chi connectivity index (χ0n) is 14.8. The molecule has 1 unspecified atom stereocenters. The number of aliphatic hydroxyl groups is 2. The molecule has 3 rings (SSSR count). The second-order valence-corrected chi connectivity index (χ2v) is 6.68. The summed E-state index contributed by atoms with van der Waals surface area (Å²) < 4.78 is 6.34. The van der Waals surface area contributed by atoms with Crippen molar-refractivity contribution in [3.8, 4) is 0 Å². The van der Waals surface area contributed by atoms with Gasteiger partial charge < -0.3 is 14.7 Å². The van der Waals surface area contributed by atoms with E-state index < -0.39 is 12.2 Å². The molecule has 0 radical (unpaired) electrons. The van der Waals surface area contributed by atoms with E-state index in [1.165, 1.54) is 10.9 Å². The van der Waals surface area contributed by atoms with Crippen LogP contribution in [-0.4, -0.2) is 30.1 Å². The smallest absolute Gasteiger partial charge is 0.270 e. The van der Waals surface area contributed by atoms with E-state index in [0.29, 0.717) is 27.5 Å². The monoisotopic (exact) mass is 390 g/mol. The van der Waals surface area contributed by atoms with Crippen LogP contribution >= 0.6 is 11.6 Å². The first-order chi connectivity index (χ1) is 12.8. The van der Waals surface area contributed by atoms with Gasteiger partial charge in [-0.15, -0.1) is 0 Å². The summed E-state index contributed by atoms with van der Waals surface area (Å²) in [5, 5.41) is 28.4. The molecule has 0 aliphatic rings. The highest BCUT2D eigenvalue weighted by atomic mass is 35.5. The first-order valence-electron chi connectivity index (χ1n) is 8.35. The summed E-state index contributed by atoms with van der Waals surface area (Å²) in [6.07, 6.45) is 0.0292. The minimum atomic E-state index is -0.805. The third-order valence-electron chi connectivity index (χ3n) is 4.20. The summed E-state index contributed by atoms with van der Waals surface area (Å²) in [5.74, 6) is 0.518. The third kappa shape index (κ3) is 4.41. The lowest BCUT2D eigenvalue weighted by molar-refractivity contribution is 0.174. The van der Waals surface area contributed by atoms with Crippen LogP contribution in [0.15, 0.2) is 39.8 Å². The maximum Gasteiger partial charge on any atom is 0.270 e. The minimum absolute atomic E-state index is 0.00377. The van der Waals surface area contributed by atoms with Gasteiger partial charge in [0.15, 0.2) is 5.82 Å². The van der Waals surface area contributed by atoms with Gasteiger partial charge in [0.25, 0.3) is 5.56 Å². The molecule has 2 atom stereocenters. The highest BCUT2D eigenvalue weighted by Gasteiger charge is 2.16. The van der Waals surface area contributed by atoms with Crippen LogP contribution in [0, 0.1) is 6.92 Å². The Morgan fingerprint density at radius 2 is 1.96 bits per heavy atom. The Hall–Kier alpha value is -2.55. The average Bonchev–Trinajstić information content (AvgIpc) is 3.06. The van der Waals surface area contributed by atoms with E-state index in [2.05, 4.69) is 15.2 Å². The van der Waals surface area contributed by atoms with E-state index in [1.54, 1.807) is 38.1 Å². The molecule has 9 heteroatoms. The molecular weight excluding hydrogens is 372 g/mol. The molecule has 2 aromatic heterocycles. The summed E-state index contributed by atoms with van der Waals surface area (Å²) in [6, 6.07) is 6.84. The predicted octanol–water partition coefficient (Wildman–Crippen LogP) is 1.97. The molecule has 27 heavy (non-hydrogen) atoms. The van der Waals surface area contributed by atoms with E-state index in [1.807, 2.05) is 0 Å². The molecule has 0 amide bonds. The van der Waals surface area contributed by atoms with E-state index in [-0.39, 0.29) is 24.4 Å². The van der Waals surface area contributed by atoms with Gasteiger partial charge in [0.2, 0.25) is 5.89 Å². The van der Waals surface area contributed by atoms with Crippen LogP contribution in [0.3, 0.4) is 0 Å². The molecule has 3 aromatic rings. The van der Waals surface area contributed by atoms with Gasteiger partial charge in [-0.1, -0.05) is 28.9 Å². The summed E-state index contributed by atoms with van der Waals surface area (Å²) in [4.78, 5) is 16.5. The van der Waals surface area contributed by atoms with Crippen molar-refractivity contribution in [3.05, 3.63) is 74.2 Å². The molecule has 0 fully saturated rings. The van der Waals surface area contributed by atoms with Gasteiger partial charge >= 0.3 is 0 Å². The molecule has 2 heterocycles. The van der Waals surface area contributed by atoms with Gasteiger partial charge in [-0.2, -0.15) is 10.1 Å². The van der Waals surface area contributed by atoms with Crippen LogP contribution in [0.4, 0.5) is 0 Å². The second-order valence-electron chi connectivity index (χ2n) is 6.24. The van der Waals surface area contributed by atoms with E-state index >= 15 is 0 Å². The molecular formula is C18H19ClN4O4. The summed E-state index contributed by atoms with van der Waals surface area (Å²) in [5.41, 5.74) is 1.24. The number of aliphatic hydroxyl groups excluding tert-OH is 2. The molecule has 0 saturated carbocycles. The second kappa shape index (κ2) is 7.99. The Morgan fingerprint density at radius 1 is 1.26 bits per heavy atom. The fraction of sp³-hybridized carbons (Fsp3) is 0.333. The van der Waals surface area contributed by atoms with Crippen molar-refractivity contribution in [2.45, 2.75) is 39.0 Å². The predicted molar refractivity (Wildman–Crippen MR) is 97.4 cm³/mol. The minimum Gasteiger partial charge on any atom is -0.389 e. The lowest BCUT2D eigenvalue weighted by Gasteiger charge is -2.09. The number of hydrogen-bond donors (Lipinski definition) is 2. The molecule has 0 saturated heterocycles. The number of hydrogen-bond acceptors (Lipinski definition) is 7. The number of nitrogens with zero attached hydrogens (tertiary/aromatic N) is 4. The highest BCUT2D eigenvalue weighted by Crippen LogP contribution is 2.19. The van der Waals surface area contributed by atoms with Crippen molar-refractivity contribution in [2.75, 3.05) is 0 Å². The van der Waals surface area contributed by atoms with Gasteiger partial charge in [0, 0.05) is 22.6 Å².